The van der Waals surface area contributed by atoms with Gasteiger partial charge in [0.05, 0.1) is 4.90 Å². The molecule has 148 valence electrons. The van der Waals surface area contributed by atoms with Gasteiger partial charge < -0.3 is 10.6 Å². The summed E-state index contributed by atoms with van der Waals surface area (Å²) in [6, 6.07) is 9.89. The summed E-state index contributed by atoms with van der Waals surface area (Å²) in [4.78, 5) is 13.3. The molecule has 1 aromatic heterocycles. The fourth-order valence-corrected chi connectivity index (χ4v) is 4.71. The molecule has 0 saturated carbocycles. The van der Waals surface area contributed by atoms with Crippen molar-refractivity contribution in [3.8, 4) is 0 Å². The molecule has 9 heteroatoms. The minimum absolute atomic E-state index is 0. The van der Waals surface area contributed by atoms with E-state index in [1.165, 1.54) is 23.5 Å². The number of carbonyl (C=O) groups excluding carboxylic acids is 1. The summed E-state index contributed by atoms with van der Waals surface area (Å²) in [6.45, 7) is 2.88. The maximum Gasteiger partial charge on any atom is 0.251 e. The topological polar surface area (TPSA) is 87.3 Å². The van der Waals surface area contributed by atoms with E-state index in [0.717, 1.165) is 30.8 Å². The molecule has 1 aliphatic rings. The van der Waals surface area contributed by atoms with Gasteiger partial charge in [-0.1, -0.05) is 12.1 Å². The molecule has 3 N–H and O–H groups in total. The van der Waals surface area contributed by atoms with Crippen molar-refractivity contribution in [3.63, 3.8) is 0 Å². The van der Waals surface area contributed by atoms with Gasteiger partial charge in [-0.2, -0.15) is 0 Å². The summed E-state index contributed by atoms with van der Waals surface area (Å²) in [6.07, 6.45) is 2.07. The van der Waals surface area contributed by atoms with Crippen LogP contribution < -0.4 is 15.4 Å². The van der Waals surface area contributed by atoms with Crippen LogP contribution in [-0.2, 0) is 16.6 Å². The van der Waals surface area contributed by atoms with Crippen LogP contribution in [0.2, 0.25) is 0 Å². The van der Waals surface area contributed by atoms with Crippen molar-refractivity contribution in [3.05, 3.63) is 52.2 Å². The summed E-state index contributed by atoms with van der Waals surface area (Å²) >= 11 is 1.49. The average Bonchev–Trinajstić information content (AvgIpc) is 3.34. The summed E-state index contributed by atoms with van der Waals surface area (Å²) in [5.74, 6) is 0.356. The minimum atomic E-state index is -3.66. The van der Waals surface area contributed by atoms with Gasteiger partial charge in [0.15, 0.2) is 0 Å². The second-order valence-electron chi connectivity index (χ2n) is 6.34. The zero-order chi connectivity index (χ0) is 18.4. The first-order valence-electron chi connectivity index (χ1n) is 8.65. The Kier molecular flexibility index (Phi) is 8.25. The lowest BCUT2D eigenvalue weighted by molar-refractivity contribution is 0.0951. The number of nitrogens with one attached hydrogen (secondary N) is 3. The monoisotopic (exact) mass is 429 g/mol. The lowest BCUT2D eigenvalue weighted by Crippen LogP contribution is -2.27. The van der Waals surface area contributed by atoms with E-state index in [2.05, 4.69) is 15.4 Å². The summed E-state index contributed by atoms with van der Waals surface area (Å²) in [5.41, 5.74) is 0.355. The molecule has 27 heavy (non-hydrogen) atoms. The Morgan fingerprint density at radius 1 is 1.26 bits per heavy atom. The van der Waals surface area contributed by atoms with Crippen LogP contribution in [0, 0.1) is 5.92 Å². The Hall–Kier alpha value is -1.45. The van der Waals surface area contributed by atoms with Crippen molar-refractivity contribution >= 4 is 39.7 Å². The maximum absolute atomic E-state index is 12.4. The van der Waals surface area contributed by atoms with Gasteiger partial charge in [-0.05, 0) is 61.5 Å². The lowest BCUT2D eigenvalue weighted by Gasteiger charge is -2.10. The van der Waals surface area contributed by atoms with E-state index >= 15 is 0 Å². The number of hydrogen-bond acceptors (Lipinski definition) is 5. The van der Waals surface area contributed by atoms with E-state index in [4.69, 9.17) is 0 Å². The standard InChI is InChI=1S/C18H23N3O3S2.ClH/c22-18(20-9-7-14-6-8-19-12-14)15-3-1-5-17(11-15)26(23,24)21-13-16-4-2-10-25-16;/h1-5,10-11,14,19,21H,6-9,12-13H2,(H,20,22);1H. The molecule has 1 atom stereocenters. The van der Waals surface area contributed by atoms with Gasteiger partial charge in [0.1, 0.15) is 0 Å². The van der Waals surface area contributed by atoms with Crippen LogP contribution in [0.4, 0.5) is 0 Å². The molecule has 1 saturated heterocycles. The van der Waals surface area contributed by atoms with Gasteiger partial charge in [0.2, 0.25) is 10.0 Å². The Bertz CT molecular complexity index is 835. The van der Waals surface area contributed by atoms with E-state index in [0.29, 0.717) is 18.0 Å². The molecule has 0 aliphatic carbocycles. The van der Waals surface area contributed by atoms with E-state index < -0.39 is 10.0 Å². The van der Waals surface area contributed by atoms with Gasteiger partial charge >= 0.3 is 0 Å². The van der Waals surface area contributed by atoms with Gasteiger partial charge in [0.25, 0.3) is 5.91 Å². The number of rotatable bonds is 8. The van der Waals surface area contributed by atoms with Crippen molar-refractivity contribution < 1.29 is 13.2 Å². The Morgan fingerprint density at radius 2 is 2.11 bits per heavy atom. The van der Waals surface area contributed by atoms with E-state index in [-0.39, 0.29) is 29.8 Å². The normalized spacial score (nSPS) is 16.7. The molecule has 0 spiro atoms. The molecule has 1 aromatic carbocycles. The van der Waals surface area contributed by atoms with Crippen molar-refractivity contribution in [2.24, 2.45) is 5.92 Å². The second-order valence-corrected chi connectivity index (χ2v) is 9.13. The van der Waals surface area contributed by atoms with Gasteiger partial charge in [0, 0.05) is 23.5 Å². The first-order chi connectivity index (χ1) is 12.5. The maximum atomic E-state index is 12.4. The van der Waals surface area contributed by atoms with Crippen molar-refractivity contribution in [2.75, 3.05) is 19.6 Å². The van der Waals surface area contributed by atoms with Crippen LogP contribution in [0.15, 0.2) is 46.7 Å². The molecule has 1 unspecified atom stereocenters. The van der Waals surface area contributed by atoms with Gasteiger partial charge in [-0.25, -0.2) is 13.1 Å². The highest BCUT2D eigenvalue weighted by atomic mass is 35.5. The fraction of sp³-hybridized carbons (Fsp3) is 0.389. The molecular weight excluding hydrogens is 406 g/mol. The highest BCUT2D eigenvalue weighted by Crippen LogP contribution is 2.15. The molecule has 0 bridgehead atoms. The van der Waals surface area contributed by atoms with Crippen LogP contribution in [-0.4, -0.2) is 34.0 Å². The third-order valence-electron chi connectivity index (χ3n) is 4.42. The van der Waals surface area contributed by atoms with Crippen LogP contribution in [0.5, 0.6) is 0 Å². The molecule has 1 amide bonds. The van der Waals surface area contributed by atoms with Gasteiger partial charge in [-0.15, -0.1) is 23.7 Å². The number of carbonyl (C=O) groups is 1. The molecule has 6 nitrogen and oxygen atoms in total. The van der Waals surface area contributed by atoms with Crippen molar-refractivity contribution in [2.45, 2.75) is 24.3 Å². The largest absolute Gasteiger partial charge is 0.352 e. The first kappa shape index (κ1) is 21.8. The number of thiophene rings is 1. The average molecular weight is 430 g/mol. The van der Waals surface area contributed by atoms with Crippen LogP contribution in [0.1, 0.15) is 28.1 Å². The molecule has 1 aliphatic heterocycles. The predicted molar refractivity (Wildman–Crippen MR) is 110 cm³/mol. The third-order valence-corrected chi connectivity index (χ3v) is 6.70. The van der Waals surface area contributed by atoms with Crippen LogP contribution >= 0.6 is 23.7 Å². The quantitative estimate of drug-likeness (QED) is 0.601. The number of amides is 1. The Balaban J connectivity index is 0.00000261. The molecule has 0 radical (unpaired) electrons. The number of halogens is 1. The SMILES string of the molecule is Cl.O=C(NCCC1CCNC1)c1cccc(S(=O)(=O)NCc2cccs2)c1. The zero-order valence-electron chi connectivity index (χ0n) is 14.8. The highest BCUT2D eigenvalue weighted by Gasteiger charge is 2.17. The van der Waals surface area contributed by atoms with Crippen LogP contribution in [0.3, 0.4) is 0 Å². The zero-order valence-corrected chi connectivity index (χ0v) is 17.3. The number of sulfonamides is 1. The Morgan fingerprint density at radius 3 is 2.81 bits per heavy atom. The van der Waals surface area contributed by atoms with E-state index in [1.54, 1.807) is 12.1 Å². The number of hydrogen-bond donors (Lipinski definition) is 3. The summed E-state index contributed by atoms with van der Waals surface area (Å²) in [5, 5.41) is 8.08. The molecule has 2 aromatic rings. The number of benzene rings is 1. The summed E-state index contributed by atoms with van der Waals surface area (Å²) < 4.78 is 27.5. The molecule has 1 fully saturated rings. The highest BCUT2D eigenvalue weighted by molar-refractivity contribution is 7.89. The van der Waals surface area contributed by atoms with Gasteiger partial charge in [-0.3, -0.25) is 4.79 Å². The lowest BCUT2D eigenvalue weighted by atomic mass is 10.1. The fourth-order valence-electron chi connectivity index (χ4n) is 2.92. The van der Waals surface area contributed by atoms with Crippen molar-refractivity contribution in [1.82, 2.24) is 15.4 Å². The molecular formula is C18H24ClN3O3S2. The van der Waals surface area contributed by atoms with Crippen molar-refractivity contribution in [1.29, 1.82) is 0 Å². The Labute approximate surface area is 170 Å². The second kappa shape index (κ2) is 10.2. The van der Waals surface area contributed by atoms with Crippen LogP contribution in [0.25, 0.3) is 0 Å². The van der Waals surface area contributed by atoms with E-state index in [1.807, 2.05) is 17.5 Å². The molecule has 2 heterocycles. The predicted octanol–water partition coefficient (Wildman–Crippen LogP) is 2.38. The smallest absolute Gasteiger partial charge is 0.251 e. The van der Waals surface area contributed by atoms with E-state index in [9.17, 15) is 13.2 Å². The minimum Gasteiger partial charge on any atom is -0.352 e. The molecule has 3 rings (SSSR count). The first-order valence-corrected chi connectivity index (χ1v) is 11.0. The summed E-state index contributed by atoms with van der Waals surface area (Å²) in [7, 11) is -3.66. The third kappa shape index (κ3) is 6.29.